The minimum atomic E-state index is -1.01. The van der Waals surface area contributed by atoms with E-state index < -0.39 is 5.97 Å². The van der Waals surface area contributed by atoms with E-state index in [4.69, 9.17) is 5.26 Å². The fourth-order valence-corrected chi connectivity index (χ4v) is 2.61. The van der Waals surface area contributed by atoms with Gasteiger partial charge in [0.25, 0.3) is 0 Å². The molecule has 0 radical (unpaired) electrons. The van der Waals surface area contributed by atoms with E-state index in [0.717, 1.165) is 5.75 Å². The molecule has 0 aliphatic heterocycles. The average molecular weight is 273 g/mol. The number of thioether (sulfide) groups is 1. The van der Waals surface area contributed by atoms with Gasteiger partial charge in [-0.05, 0) is 17.9 Å². The summed E-state index contributed by atoms with van der Waals surface area (Å²) in [6, 6.07) is 7.16. The molecule has 1 aromatic carbocycles. The Hall–Kier alpha value is -2.26. The van der Waals surface area contributed by atoms with E-state index in [9.17, 15) is 9.90 Å². The molecule has 6 heteroatoms. The van der Waals surface area contributed by atoms with Crippen molar-refractivity contribution in [2.45, 2.75) is 11.8 Å². The Labute approximate surface area is 114 Å². The molecule has 0 fully saturated rings. The molecule has 0 saturated heterocycles. The highest BCUT2D eigenvalue weighted by Crippen LogP contribution is 2.28. The topological polar surface area (TPSA) is 78.9 Å². The number of carboxylic acid groups (broad SMARTS) is 1. The van der Waals surface area contributed by atoms with E-state index in [0.29, 0.717) is 10.6 Å². The predicted molar refractivity (Wildman–Crippen MR) is 71.6 cm³/mol. The van der Waals surface area contributed by atoms with Crippen LogP contribution in [0.2, 0.25) is 0 Å². The van der Waals surface area contributed by atoms with E-state index >= 15 is 0 Å². The standard InChI is InChI=1S/C13H11N3O2S/c1-2-19-10-5-3-4-9(12(10)13(17)18)16-7-6-15-11(16)8-14/h3-7H,2H2,1H3,(H,17,18). The summed E-state index contributed by atoms with van der Waals surface area (Å²) in [5.41, 5.74) is 0.656. The van der Waals surface area contributed by atoms with Gasteiger partial charge in [0.05, 0.1) is 11.3 Å². The van der Waals surface area contributed by atoms with Crippen molar-refractivity contribution in [3.05, 3.63) is 42.0 Å². The second-order valence-corrected chi connectivity index (χ2v) is 4.93. The molecule has 0 saturated carbocycles. The molecule has 1 N–H and O–H groups in total. The highest BCUT2D eigenvalue weighted by molar-refractivity contribution is 7.99. The smallest absolute Gasteiger partial charge is 0.338 e. The van der Waals surface area contributed by atoms with Crippen LogP contribution >= 0.6 is 11.8 Å². The van der Waals surface area contributed by atoms with E-state index in [2.05, 4.69) is 4.98 Å². The number of rotatable bonds is 4. The number of aromatic nitrogens is 2. The number of benzene rings is 1. The number of carbonyl (C=O) groups is 1. The van der Waals surface area contributed by atoms with Gasteiger partial charge < -0.3 is 5.11 Å². The lowest BCUT2D eigenvalue weighted by atomic mass is 10.1. The van der Waals surface area contributed by atoms with Gasteiger partial charge in [0.2, 0.25) is 5.82 Å². The summed E-state index contributed by atoms with van der Waals surface area (Å²) in [7, 11) is 0. The van der Waals surface area contributed by atoms with Gasteiger partial charge in [0.1, 0.15) is 6.07 Å². The van der Waals surface area contributed by atoms with Crippen LogP contribution in [-0.2, 0) is 0 Å². The second-order valence-electron chi connectivity index (χ2n) is 3.62. The van der Waals surface area contributed by atoms with Crippen molar-refractivity contribution in [2.24, 2.45) is 0 Å². The molecule has 0 amide bonds. The zero-order chi connectivity index (χ0) is 13.8. The third-order valence-electron chi connectivity index (χ3n) is 2.52. The summed E-state index contributed by atoms with van der Waals surface area (Å²) < 4.78 is 1.49. The third-order valence-corrected chi connectivity index (χ3v) is 3.46. The maximum absolute atomic E-state index is 11.5. The first-order chi connectivity index (χ1) is 9.19. The van der Waals surface area contributed by atoms with Crippen LogP contribution in [0.4, 0.5) is 0 Å². The second kappa shape index (κ2) is 5.59. The van der Waals surface area contributed by atoms with Gasteiger partial charge >= 0.3 is 5.97 Å². The molecule has 5 nitrogen and oxygen atoms in total. The predicted octanol–water partition coefficient (Wildman–Crippen LogP) is 2.55. The first kappa shape index (κ1) is 13.2. The molecule has 0 bridgehead atoms. The van der Waals surface area contributed by atoms with Gasteiger partial charge in [-0.1, -0.05) is 13.0 Å². The van der Waals surface area contributed by atoms with Gasteiger partial charge in [0.15, 0.2) is 0 Å². The zero-order valence-corrected chi connectivity index (χ0v) is 11.0. The largest absolute Gasteiger partial charge is 0.478 e. The highest BCUT2D eigenvalue weighted by atomic mass is 32.2. The average Bonchev–Trinajstić information content (AvgIpc) is 2.86. The van der Waals surface area contributed by atoms with Gasteiger partial charge in [-0.15, -0.1) is 11.8 Å². The molecular formula is C13H11N3O2S. The summed E-state index contributed by atoms with van der Waals surface area (Å²) in [6.45, 7) is 1.96. The maximum atomic E-state index is 11.5. The molecule has 0 aliphatic carbocycles. The summed E-state index contributed by atoms with van der Waals surface area (Å²) in [5, 5.41) is 18.4. The lowest BCUT2D eigenvalue weighted by Gasteiger charge is -2.11. The van der Waals surface area contributed by atoms with Crippen LogP contribution in [0.3, 0.4) is 0 Å². The van der Waals surface area contributed by atoms with Crippen LogP contribution in [0.5, 0.6) is 0 Å². The first-order valence-corrected chi connectivity index (χ1v) is 6.60. The number of carboxylic acids is 1. The lowest BCUT2D eigenvalue weighted by Crippen LogP contribution is -2.08. The summed E-state index contributed by atoms with van der Waals surface area (Å²) >= 11 is 1.46. The number of imidazole rings is 1. The molecule has 1 aromatic heterocycles. The number of nitrogens with zero attached hydrogens (tertiary/aromatic N) is 3. The number of hydrogen-bond acceptors (Lipinski definition) is 4. The Morgan fingerprint density at radius 2 is 2.37 bits per heavy atom. The van der Waals surface area contributed by atoms with Crippen molar-refractivity contribution in [1.82, 2.24) is 9.55 Å². The zero-order valence-electron chi connectivity index (χ0n) is 10.2. The SMILES string of the molecule is CCSc1cccc(-n2ccnc2C#N)c1C(=O)O. The van der Waals surface area contributed by atoms with Crippen LogP contribution in [-0.4, -0.2) is 26.4 Å². The minimum absolute atomic E-state index is 0.168. The number of hydrogen-bond donors (Lipinski definition) is 1. The van der Waals surface area contributed by atoms with Gasteiger partial charge in [0, 0.05) is 17.3 Å². The van der Waals surface area contributed by atoms with E-state index in [1.807, 2.05) is 13.0 Å². The van der Waals surface area contributed by atoms with Gasteiger partial charge in [-0.25, -0.2) is 9.78 Å². The molecule has 96 valence electrons. The van der Waals surface area contributed by atoms with E-state index in [1.165, 1.54) is 22.5 Å². The van der Waals surface area contributed by atoms with Crippen molar-refractivity contribution in [2.75, 3.05) is 5.75 Å². The molecule has 19 heavy (non-hydrogen) atoms. The maximum Gasteiger partial charge on any atom is 0.338 e. The molecule has 0 atom stereocenters. The van der Waals surface area contributed by atoms with Crippen molar-refractivity contribution >= 4 is 17.7 Å². The molecular weight excluding hydrogens is 262 g/mol. The van der Waals surface area contributed by atoms with Crippen molar-refractivity contribution in [3.63, 3.8) is 0 Å². The summed E-state index contributed by atoms with van der Waals surface area (Å²) in [6.07, 6.45) is 3.06. The molecule has 2 rings (SSSR count). The number of nitriles is 1. The summed E-state index contributed by atoms with van der Waals surface area (Å²) in [4.78, 5) is 16.1. The molecule has 0 spiro atoms. The van der Waals surface area contributed by atoms with Crippen LogP contribution < -0.4 is 0 Å². The molecule has 0 unspecified atom stereocenters. The Balaban J connectivity index is 2.67. The minimum Gasteiger partial charge on any atom is -0.478 e. The Morgan fingerprint density at radius 1 is 1.58 bits per heavy atom. The van der Waals surface area contributed by atoms with Crippen LogP contribution in [0.15, 0.2) is 35.5 Å². The fourth-order valence-electron chi connectivity index (χ4n) is 1.79. The monoisotopic (exact) mass is 273 g/mol. The molecule has 0 aliphatic rings. The number of aromatic carboxylic acids is 1. The van der Waals surface area contributed by atoms with Gasteiger partial charge in [-0.3, -0.25) is 4.57 Å². The quantitative estimate of drug-likeness (QED) is 0.866. The molecule has 1 heterocycles. The van der Waals surface area contributed by atoms with Crippen molar-refractivity contribution in [1.29, 1.82) is 5.26 Å². The summed E-state index contributed by atoms with van der Waals surface area (Å²) in [5.74, 6) is -0.0658. The van der Waals surface area contributed by atoms with E-state index in [-0.39, 0.29) is 11.4 Å². The normalized spacial score (nSPS) is 10.1. The third kappa shape index (κ3) is 2.46. The first-order valence-electron chi connectivity index (χ1n) is 5.62. The van der Waals surface area contributed by atoms with Crippen LogP contribution in [0.1, 0.15) is 23.1 Å². The van der Waals surface area contributed by atoms with Crippen LogP contribution in [0, 0.1) is 11.3 Å². The van der Waals surface area contributed by atoms with Gasteiger partial charge in [-0.2, -0.15) is 5.26 Å². The molecule has 2 aromatic rings. The Morgan fingerprint density at radius 3 is 3.00 bits per heavy atom. The van der Waals surface area contributed by atoms with Crippen molar-refractivity contribution in [3.8, 4) is 11.8 Å². The fraction of sp³-hybridized carbons (Fsp3) is 0.154. The lowest BCUT2D eigenvalue weighted by molar-refractivity contribution is 0.0693. The van der Waals surface area contributed by atoms with Crippen molar-refractivity contribution < 1.29 is 9.90 Å². The van der Waals surface area contributed by atoms with E-state index in [1.54, 1.807) is 24.4 Å². The highest BCUT2D eigenvalue weighted by Gasteiger charge is 2.18. The Kier molecular flexibility index (Phi) is 3.88. The Bertz CT molecular complexity index is 658. The van der Waals surface area contributed by atoms with Crippen LogP contribution in [0.25, 0.3) is 5.69 Å².